The zero-order valence-electron chi connectivity index (χ0n) is 10.4. The Morgan fingerprint density at radius 2 is 1.17 bits per heavy atom. The zero-order chi connectivity index (χ0) is 12.8. The molecule has 6 heteroatoms. The van der Waals surface area contributed by atoms with Gasteiger partial charge in [0, 0.05) is 13.1 Å². The van der Waals surface area contributed by atoms with Gasteiger partial charge in [-0.3, -0.25) is 9.59 Å². The number of carbonyl (C=O) groups excluding carboxylic acids is 2. The van der Waals surface area contributed by atoms with E-state index in [1.807, 2.05) is 0 Å². The lowest BCUT2D eigenvalue weighted by molar-refractivity contribution is -0.115. The van der Waals surface area contributed by atoms with Crippen LogP contribution in [0.4, 0.5) is 0 Å². The van der Waals surface area contributed by atoms with Crippen LogP contribution in [-0.4, -0.2) is 36.3 Å². The predicted octanol–water partition coefficient (Wildman–Crippen LogP) is 0.384. The number of amides is 2. The summed E-state index contributed by atoms with van der Waals surface area (Å²) in [5.41, 5.74) is 0.856. The van der Waals surface area contributed by atoms with Crippen molar-refractivity contribution < 1.29 is 9.59 Å². The first-order valence-electron chi connectivity index (χ1n) is 6.47. The normalized spacial score (nSPS) is 26.4. The lowest BCUT2D eigenvalue weighted by Gasteiger charge is -2.01. The summed E-state index contributed by atoms with van der Waals surface area (Å²) < 4.78 is 0. The van der Waals surface area contributed by atoms with E-state index in [4.69, 9.17) is 0 Å². The molecule has 2 aliphatic rings. The maximum atomic E-state index is 11.6. The van der Waals surface area contributed by atoms with Crippen LogP contribution in [0.2, 0.25) is 0 Å². The molecule has 6 nitrogen and oxygen atoms in total. The standard InChI is InChI=1S/C12H18N4O2/c17-11-9(5-1-3-7-13-11)15-16-10-6-2-4-8-14-12(10)18/h1-8H2,(H,13,17)(H,14,18)/b15-9+,16-10+. The van der Waals surface area contributed by atoms with Crippen LogP contribution in [0.3, 0.4) is 0 Å². The van der Waals surface area contributed by atoms with Crippen molar-refractivity contribution in [2.24, 2.45) is 10.2 Å². The van der Waals surface area contributed by atoms with Gasteiger partial charge in [0.05, 0.1) is 0 Å². The Labute approximate surface area is 106 Å². The van der Waals surface area contributed by atoms with Crippen LogP contribution in [0.5, 0.6) is 0 Å². The molecule has 0 aromatic rings. The predicted molar refractivity (Wildman–Crippen MR) is 68.6 cm³/mol. The molecular weight excluding hydrogens is 232 g/mol. The van der Waals surface area contributed by atoms with Gasteiger partial charge in [0.1, 0.15) is 11.4 Å². The van der Waals surface area contributed by atoms with Gasteiger partial charge in [-0.05, 0) is 38.5 Å². The smallest absolute Gasteiger partial charge is 0.267 e. The number of nitrogens with one attached hydrogen (secondary N) is 2. The molecule has 0 unspecified atom stereocenters. The van der Waals surface area contributed by atoms with Crippen molar-refractivity contribution >= 4 is 23.2 Å². The summed E-state index contributed by atoms with van der Waals surface area (Å²) in [6.45, 7) is 1.38. The van der Waals surface area contributed by atoms with E-state index < -0.39 is 0 Å². The molecule has 0 atom stereocenters. The van der Waals surface area contributed by atoms with Crippen LogP contribution in [0, 0.1) is 0 Å². The first-order chi connectivity index (χ1) is 8.77. The molecule has 2 amide bonds. The van der Waals surface area contributed by atoms with E-state index in [9.17, 15) is 9.59 Å². The van der Waals surface area contributed by atoms with E-state index in [1.165, 1.54) is 0 Å². The minimum Gasteiger partial charge on any atom is -0.351 e. The van der Waals surface area contributed by atoms with Gasteiger partial charge in [-0.25, -0.2) is 0 Å². The fraction of sp³-hybridized carbons (Fsp3) is 0.667. The van der Waals surface area contributed by atoms with Crippen LogP contribution in [0.1, 0.15) is 38.5 Å². The van der Waals surface area contributed by atoms with E-state index in [2.05, 4.69) is 20.8 Å². The third-order valence-corrected chi connectivity index (χ3v) is 3.07. The molecule has 0 spiro atoms. The van der Waals surface area contributed by atoms with Crippen molar-refractivity contribution in [3.63, 3.8) is 0 Å². The van der Waals surface area contributed by atoms with Crippen molar-refractivity contribution in [3.05, 3.63) is 0 Å². The summed E-state index contributed by atoms with van der Waals surface area (Å²) in [7, 11) is 0. The molecule has 0 aromatic heterocycles. The number of hydrogen-bond donors (Lipinski definition) is 2. The minimum atomic E-state index is -0.161. The van der Waals surface area contributed by atoms with Crippen molar-refractivity contribution in [3.8, 4) is 0 Å². The molecule has 0 bridgehead atoms. The highest BCUT2D eigenvalue weighted by Gasteiger charge is 2.17. The van der Waals surface area contributed by atoms with Crippen LogP contribution < -0.4 is 10.6 Å². The molecule has 2 N–H and O–H groups in total. The van der Waals surface area contributed by atoms with Gasteiger partial charge in [0.15, 0.2) is 0 Å². The second kappa shape index (κ2) is 6.28. The monoisotopic (exact) mass is 250 g/mol. The molecule has 2 aliphatic heterocycles. The summed E-state index contributed by atoms with van der Waals surface area (Å²) in [6, 6.07) is 0. The van der Waals surface area contributed by atoms with Crippen molar-refractivity contribution in [1.82, 2.24) is 10.6 Å². The van der Waals surface area contributed by atoms with Gasteiger partial charge >= 0.3 is 0 Å². The molecule has 2 rings (SSSR count). The maximum absolute atomic E-state index is 11.6. The number of carbonyl (C=O) groups is 2. The topological polar surface area (TPSA) is 82.9 Å². The molecule has 2 fully saturated rings. The lowest BCUT2D eigenvalue weighted by atomic mass is 10.2. The van der Waals surface area contributed by atoms with Crippen molar-refractivity contribution in [2.45, 2.75) is 38.5 Å². The Morgan fingerprint density at radius 3 is 1.61 bits per heavy atom. The molecule has 0 radical (unpaired) electrons. The van der Waals surface area contributed by atoms with E-state index in [0.717, 1.165) is 25.7 Å². The van der Waals surface area contributed by atoms with Gasteiger partial charge in [-0.1, -0.05) is 0 Å². The average Bonchev–Trinajstić information content (AvgIpc) is 2.68. The fourth-order valence-electron chi connectivity index (χ4n) is 1.98. The van der Waals surface area contributed by atoms with Crippen LogP contribution in [0.25, 0.3) is 0 Å². The van der Waals surface area contributed by atoms with Crippen LogP contribution in [0.15, 0.2) is 10.2 Å². The second-order valence-corrected chi connectivity index (χ2v) is 4.52. The molecule has 2 heterocycles. The van der Waals surface area contributed by atoms with Gasteiger partial charge in [-0.15, -0.1) is 10.2 Å². The number of rotatable bonds is 1. The first kappa shape index (κ1) is 12.7. The molecule has 0 saturated carbocycles. The Bertz CT molecular complexity index is 363. The largest absolute Gasteiger partial charge is 0.351 e. The van der Waals surface area contributed by atoms with Gasteiger partial charge < -0.3 is 10.6 Å². The van der Waals surface area contributed by atoms with Crippen LogP contribution >= 0.6 is 0 Å². The van der Waals surface area contributed by atoms with E-state index in [1.54, 1.807) is 0 Å². The molecule has 18 heavy (non-hydrogen) atoms. The molecule has 0 aromatic carbocycles. The summed E-state index contributed by atoms with van der Waals surface area (Å²) >= 11 is 0. The SMILES string of the molecule is O=C1NCCCC/C1=N\N=C1/CCCCNC1=O. The number of hydrogen-bond acceptors (Lipinski definition) is 4. The van der Waals surface area contributed by atoms with E-state index in [0.29, 0.717) is 37.4 Å². The second-order valence-electron chi connectivity index (χ2n) is 4.52. The maximum Gasteiger partial charge on any atom is 0.267 e. The van der Waals surface area contributed by atoms with Gasteiger partial charge in [0.25, 0.3) is 11.8 Å². The highest BCUT2D eigenvalue weighted by Crippen LogP contribution is 2.06. The van der Waals surface area contributed by atoms with Gasteiger partial charge in [0.2, 0.25) is 0 Å². The summed E-state index contributed by atoms with van der Waals surface area (Å²) in [4.78, 5) is 23.2. The van der Waals surface area contributed by atoms with E-state index in [-0.39, 0.29) is 11.8 Å². The zero-order valence-corrected chi connectivity index (χ0v) is 10.4. The Morgan fingerprint density at radius 1 is 0.722 bits per heavy atom. The highest BCUT2D eigenvalue weighted by atomic mass is 16.2. The highest BCUT2D eigenvalue weighted by molar-refractivity contribution is 6.40. The summed E-state index contributed by atoms with van der Waals surface area (Å²) in [5, 5.41) is 13.5. The number of nitrogens with zero attached hydrogens (tertiary/aromatic N) is 2. The Balaban J connectivity index is 2.10. The third-order valence-electron chi connectivity index (χ3n) is 3.07. The molecule has 0 aliphatic carbocycles. The Hall–Kier alpha value is -1.72. The summed E-state index contributed by atoms with van der Waals surface area (Å²) in [6.07, 6.45) is 5.03. The first-order valence-corrected chi connectivity index (χ1v) is 6.47. The van der Waals surface area contributed by atoms with Crippen molar-refractivity contribution in [2.75, 3.05) is 13.1 Å². The quantitative estimate of drug-likeness (QED) is 0.660. The average molecular weight is 250 g/mol. The molecule has 2 saturated heterocycles. The lowest BCUT2D eigenvalue weighted by Crippen LogP contribution is -2.30. The van der Waals surface area contributed by atoms with Gasteiger partial charge in [-0.2, -0.15) is 0 Å². The minimum absolute atomic E-state index is 0.161. The summed E-state index contributed by atoms with van der Waals surface area (Å²) in [5.74, 6) is -0.322. The van der Waals surface area contributed by atoms with Crippen molar-refractivity contribution in [1.29, 1.82) is 0 Å². The fourth-order valence-corrected chi connectivity index (χ4v) is 1.98. The third kappa shape index (κ3) is 3.38. The Kier molecular flexibility index (Phi) is 4.44. The van der Waals surface area contributed by atoms with Crippen LogP contribution in [-0.2, 0) is 9.59 Å². The molecule has 98 valence electrons. The molecular formula is C12H18N4O2. The van der Waals surface area contributed by atoms with E-state index >= 15 is 0 Å².